The van der Waals surface area contributed by atoms with Gasteiger partial charge >= 0.3 is 35.5 Å². The monoisotopic (exact) mass is 301 g/mol. The Hall–Kier alpha value is 0.620. The zero-order valence-electron chi connectivity index (χ0n) is 12.1. The molecule has 0 radical (unpaired) electrons. The first-order valence-corrected chi connectivity index (χ1v) is 8.16. The van der Waals surface area contributed by atoms with Crippen LogP contribution in [0.4, 0.5) is 0 Å². The molecule has 0 aliphatic carbocycles. The minimum absolute atomic E-state index is 0. The summed E-state index contributed by atoms with van der Waals surface area (Å²) in [5, 5.41) is 0. The molecule has 0 fully saturated rings. The number of carbonyl (C=O) groups is 1. The summed E-state index contributed by atoms with van der Waals surface area (Å²) in [6.07, 6.45) is 9.90. The number of carbonyl (C=O) groups excluding carboxylic acids is 1. The van der Waals surface area contributed by atoms with Crippen molar-refractivity contribution in [1.82, 2.24) is 0 Å². The van der Waals surface area contributed by atoms with Gasteiger partial charge in [-0.05, 0) is 6.42 Å². The number of unbranched alkanes of at least 4 members (excludes halogenated alkanes) is 8. The average Bonchev–Trinajstić information content (AvgIpc) is 2.24. The van der Waals surface area contributed by atoms with Gasteiger partial charge in [-0.15, -0.1) is 0 Å². The van der Waals surface area contributed by atoms with Gasteiger partial charge in [-0.2, -0.15) is 0 Å². The molecule has 0 aliphatic heterocycles. The molecule has 0 saturated carbocycles. The Bertz CT molecular complexity index is 267. The van der Waals surface area contributed by atoms with Crippen LogP contribution in [0.25, 0.3) is 0 Å². The van der Waals surface area contributed by atoms with Gasteiger partial charge in [0.1, 0.15) is 7.82 Å². The van der Waals surface area contributed by atoms with E-state index < -0.39 is 13.8 Å². The zero-order chi connectivity index (χ0) is 13.9. The van der Waals surface area contributed by atoms with Crippen molar-refractivity contribution in [3.63, 3.8) is 0 Å². The summed E-state index contributed by atoms with van der Waals surface area (Å²) in [4.78, 5) is 31.1. The average molecular weight is 301 g/mol. The van der Waals surface area contributed by atoms with Crippen molar-refractivity contribution in [2.75, 3.05) is 0 Å². The minimum Gasteiger partial charge on any atom is -0.780 e. The van der Waals surface area contributed by atoms with E-state index in [9.17, 15) is 19.1 Å². The van der Waals surface area contributed by atoms with Crippen molar-refractivity contribution >= 4 is 13.8 Å². The summed E-state index contributed by atoms with van der Waals surface area (Å²) in [5.41, 5.74) is 0. The van der Waals surface area contributed by atoms with E-state index >= 15 is 0 Å². The molecule has 5 nitrogen and oxygen atoms in total. The molecule has 0 spiro atoms. The number of hydrogen-bond donors (Lipinski definition) is 0. The normalized spacial score (nSPS) is 10.9. The first-order chi connectivity index (χ1) is 8.45. The molecule has 0 amide bonds. The SMILES string of the molecule is CCCCCCCCCCCC(=O)OP(=O)([O-])[O-].[Na+]. The van der Waals surface area contributed by atoms with Crippen LogP contribution in [0, 0.1) is 0 Å². The van der Waals surface area contributed by atoms with Crippen LogP contribution in [0.3, 0.4) is 0 Å². The molecule has 0 aliphatic rings. The fraction of sp³-hybridized carbons (Fsp3) is 0.917. The van der Waals surface area contributed by atoms with Crippen LogP contribution < -0.4 is 39.3 Å². The molecule has 108 valence electrons. The van der Waals surface area contributed by atoms with Gasteiger partial charge in [-0.3, -0.25) is 4.79 Å². The molecule has 0 atom stereocenters. The Morgan fingerprint density at radius 3 is 1.79 bits per heavy atom. The Morgan fingerprint density at radius 2 is 1.37 bits per heavy atom. The smallest absolute Gasteiger partial charge is 0.780 e. The van der Waals surface area contributed by atoms with Gasteiger partial charge in [0.15, 0.2) is 0 Å². The second kappa shape index (κ2) is 13.6. The van der Waals surface area contributed by atoms with Crippen LogP contribution >= 0.6 is 7.82 Å². The van der Waals surface area contributed by atoms with Crippen LogP contribution in [0.2, 0.25) is 0 Å². The quantitative estimate of drug-likeness (QED) is 0.285. The Labute approximate surface area is 138 Å². The predicted octanol–water partition coefficient (Wildman–Crippen LogP) is -0.717. The van der Waals surface area contributed by atoms with E-state index in [4.69, 9.17) is 0 Å². The second-order valence-corrected chi connectivity index (χ2v) is 5.57. The van der Waals surface area contributed by atoms with Crippen molar-refractivity contribution in [2.45, 2.75) is 71.1 Å². The van der Waals surface area contributed by atoms with Gasteiger partial charge in [-0.25, -0.2) is 0 Å². The topological polar surface area (TPSA) is 89.5 Å². The maximum atomic E-state index is 10.9. The summed E-state index contributed by atoms with van der Waals surface area (Å²) < 4.78 is 13.8. The molecule has 7 heteroatoms. The standard InChI is InChI=1S/C12H25O5P.Na/c1-2-3-4-5-6-7-8-9-10-11-12(13)17-18(14,15)16;/h2-11H2,1H3,(H2,14,15,16);/q;+1/p-2. The van der Waals surface area contributed by atoms with Crippen LogP contribution in [-0.2, 0) is 13.9 Å². The first-order valence-electron chi connectivity index (χ1n) is 6.70. The van der Waals surface area contributed by atoms with Gasteiger partial charge in [0.25, 0.3) is 0 Å². The van der Waals surface area contributed by atoms with Crippen molar-refractivity contribution < 1.29 is 53.2 Å². The molecule has 0 unspecified atom stereocenters. The van der Waals surface area contributed by atoms with Crippen molar-refractivity contribution in [3.05, 3.63) is 0 Å². The van der Waals surface area contributed by atoms with Crippen LogP contribution in [0.15, 0.2) is 0 Å². The second-order valence-electron chi connectivity index (χ2n) is 4.49. The molecular weight excluding hydrogens is 278 g/mol. The minimum atomic E-state index is -5.15. The third kappa shape index (κ3) is 18.6. The number of hydrogen-bond acceptors (Lipinski definition) is 5. The van der Waals surface area contributed by atoms with Gasteiger partial charge in [0.05, 0.1) is 0 Å². The molecule has 0 aromatic heterocycles. The van der Waals surface area contributed by atoms with Crippen LogP contribution in [0.5, 0.6) is 0 Å². The molecule has 0 saturated heterocycles. The maximum absolute atomic E-state index is 10.9. The molecule has 0 aromatic rings. The summed E-state index contributed by atoms with van der Waals surface area (Å²) in [6.45, 7) is 2.18. The van der Waals surface area contributed by atoms with Gasteiger partial charge < -0.3 is 18.9 Å². The third-order valence-electron chi connectivity index (χ3n) is 2.70. The molecule has 0 N–H and O–H groups in total. The van der Waals surface area contributed by atoms with Crippen molar-refractivity contribution in [1.29, 1.82) is 0 Å². The summed E-state index contributed by atoms with van der Waals surface area (Å²) >= 11 is 0. The van der Waals surface area contributed by atoms with Crippen LogP contribution in [-0.4, -0.2) is 5.97 Å². The fourth-order valence-corrected chi connectivity index (χ4v) is 2.09. The summed E-state index contributed by atoms with van der Waals surface area (Å²) in [7, 11) is -5.15. The van der Waals surface area contributed by atoms with E-state index in [0.717, 1.165) is 19.3 Å². The molecule has 19 heavy (non-hydrogen) atoms. The Morgan fingerprint density at radius 1 is 0.947 bits per heavy atom. The molecular formula is C12H23NaO5P-. The van der Waals surface area contributed by atoms with E-state index in [2.05, 4.69) is 11.4 Å². The Kier molecular flexibility index (Phi) is 15.7. The predicted molar refractivity (Wildman–Crippen MR) is 65.5 cm³/mol. The Balaban J connectivity index is 0. The summed E-state index contributed by atoms with van der Waals surface area (Å²) in [6, 6.07) is 0. The summed E-state index contributed by atoms with van der Waals surface area (Å²) in [5.74, 6) is -0.939. The first kappa shape index (κ1) is 21.9. The van der Waals surface area contributed by atoms with E-state index in [1.807, 2.05) is 0 Å². The van der Waals surface area contributed by atoms with E-state index in [1.165, 1.54) is 32.1 Å². The maximum Gasteiger partial charge on any atom is 1.00 e. The van der Waals surface area contributed by atoms with Gasteiger partial charge in [0, 0.05) is 6.42 Å². The third-order valence-corrected chi connectivity index (χ3v) is 3.13. The van der Waals surface area contributed by atoms with Crippen LogP contribution in [0.1, 0.15) is 71.1 Å². The van der Waals surface area contributed by atoms with E-state index in [0.29, 0.717) is 6.42 Å². The molecule has 0 aromatic carbocycles. The largest absolute Gasteiger partial charge is 1.00 e. The van der Waals surface area contributed by atoms with Crippen molar-refractivity contribution in [2.24, 2.45) is 0 Å². The van der Waals surface area contributed by atoms with Gasteiger partial charge in [0.2, 0.25) is 0 Å². The number of phosphoric ester groups is 1. The number of rotatable bonds is 11. The van der Waals surface area contributed by atoms with Gasteiger partial charge in [-0.1, -0.05) is 58.3 Å². The van der Waals surface area contributed by atoms with Crippen molar-refractivity contribution in [3.8, 4) is 0 Å². The van der Waals surface area contributed by atoms with E-state index in [-0.39, 0.29) is 36.0 Å². The molecule has 0 heterocycles. The molecule has 0 rings (SSSR count). The fourth-order valence-electron chi connectivity index (χ4n) is 1.75. The van der Waals surface area contributed by atoms with E-state index in [1.54, 1.807) is 0 Å². The molecule has 0 bridgehead atoms. The zero-order valence-corrected chi connectivity index (χ0v) is 15.0. The number of phosphoric acid groups is 1.